The Morgan fingerprint density at radius 2 is 0.885 bits per heavy atom. The zero-order valence-electron chi connectivity index (χ0n) is 13.9. The molecule has 0 aromatic heterocycles. The first-order valence-electron chi connectivity index (χ1n) is 8.21. The molecule has 0 bridgehead atoms. The summed E-state index contributed by atoms with van der Waals surface area (Å²) in [5.41, 5.74) is 0. The summed E-state index contributed by atoms with van der Waals surface area (Å²) in [4.78, 5) is 0. The Hall–Kier alpha value is -2.22. The molecule has 128 valence electrons. The quantitative estimate of drug-likeness (QED) is 0.428. The fraction of sp³-hybridized carbons (Fsp3) is 0. The molecule has 2 nitrogen and oxygen atoms in total. The van der Waals surface area contributed by atoms with Gasteiger partial charge in [0.05, 0.1) is 0 Å². The maximum atomic E-state index is 13.3. The third kappa shape index (κ3) is 3.25. The van der Waals surface area contributed by atoms with Crippen LogP contribution >= 0.6 is 0 Å². The van der Waals surface area contributed by atoms with Crippen molar-refractivity contribution in [3.05, 3.63) is 97.1 Å². The van der Waals surface area contributed by atoms with Gasteiger partial charge in [0.2, 0.25) is 0 Å². The second-order valence-electron chi connectivity index (χ2n) is 5.77. The van der Waals surface area contributed by atoms with Crippen molar-refractivity contribution < 1.29 is 7.67 Å². The van der Waals surface area contributed by atoms with Crippen LogP contribution in [0.15, 0.2) is 97.1 Å². The molecule has 0 saturated carbocycles. The van der Waals surface area contributed by atoms with E-state index in [1.807, 2.05) is 97.1 Å². The molecule has 4 aromatic rings. The molecule has 0 amide bonds. The number of hydrogen-bond acceptors (Lipinski definition) is 2. The second-order valence-corrected chi connectivity index (χ2v) is 11.9. The molecule has 4 rings (SSSR count). The Morgan fingerprint density at radius 3 is 1.31 bits per heavy atom. The predicted molar refractivity (Wildman–Crippen MR) is 108 cm³/mol. The van der Waals surface area contributed by atoms with Gasteiger partial charge in [-0.15, -0.1) is 0 Å². The van der Waals surface area contributed by atoms with Crippen LogP contribution in [0.1, 0.15) is 0 Å². The van der Waals surface area contributed by atoms with Gasteiger partial charge in [-0.05, 0) is 0 Å². The van der Waals surface area contributed by atoms with Crippen LogP contribution in [0.25, 0.3) is 10.8 Å². The van der Waals surface area contributed by atoms with E-state index in [9.17, 15) is 7.67 Å². The molecular formula is C22H16O2Se2. The first kappa shape index (κ1) is 17.2. The van der Waals surface area contributed by atoms with Crippen molar-refractivity contribution in [3.8, 4) is 0 Å². The van der Waals surface area contributed by atoms with Gasteiger partial charge in [0.1, 0.15) is 0 Å². The van der Waals surface area contributed by atoms with E-state index >= 15 is 0 Å². The third-order valence-corrected chi connectivity index (χ3v) is 10.2. The standard InChI is InChI=1S/C22H16O2Se2/c23-25(18-11-3-1-4-12-18)20-15-7-9-17-10-8-16-21(22(17)20)26(24)19-13-5-2-6-14-19/h1-16H. The van der Waals surface area contributed by atoms with Crippen molar-refractivity contribution >= 4 is 56.3 Å². The molecule has 0 aliphatic heterocycles. The molecule has 0 saturated heterocycles. The Labute approximate surface area is 160 Å². The fourth-order valence-corrected chi connectivity index (χ4v) is 8.60. The molecule has 2 unspecified atom stereocenters. The van der Waals surface area contributed by atoms with E-state index in [4.69, 9.17) is 0 Å². The number of benzene rings is 4. The van der Waals surface area contributed by atoms with Crippen LogP contribution in [0.4, 0.5) is 0 Å². The zero-order valence-corrected chi connectivity index (χ0v) is 17.3. The van der Waals surface area contributed by atoms with Crippen molar-refractivity contribution in [3.63, 3.8) is 0 Å². The molecule has 0 radical (unpaired) electrons. The van der Waals surface area contributed by atoms with E-state index in [0.717, 1.165) is 28.6 Å². The summed E-state index contributed by atoms with van der Waals surface area (Å²) in [7, 11) is 0. The molecule has 0 N–H and O–H groups in total. The molecular weight excluding hydrogens is 454 g/mol. The van der Waals surface area contributed by atoms with Gasteiger partial charge in [-0.2, -0.15) is 0 Å². The van der Waals surface area contributed by atoms with Crippen LogP contribution in [0.2, 0.25) is 0 Å². The van der Waals surface area contributed by atoms with Gasteiger partial charge in [-0.1, -0.05) is 0 Å². The fourth-order valence-electron chi connectivity index (χ4n) is 2.92. The zero-order chi connectivity index (χ0) is 17.9. The monoisotopic (exact) mass is 472 g/mol. The summed E-state index contributed by atoms with van der Waals surface area (Å²) >= 11 is -4.88. The van der Waals surface area contributed by atoms with Crippen LogP contribution in [-0.4, -0.2) is 27.7 Å². The average Bonchev–Trinajstić information content (AvgIpc) is 2.73. The Morgan fingerprint density at radius 1 is 0.462 bits per heavy atom. The predicted octanol–water partition coefficient (Wildman–Crippen LogP) is 1.91. The molecule has 0 heterocycles. The number of rotatable bonds is 4. The third-order valence-electron chi connectivity index (χ3n) is 4.14. The molecule has 0 fully saturated rings. The molecule has 0 aliphatic carbocycles. The van der Waals surface area contributed by atoms with Gasteiger partial charge < -0.3 is 0 Å². The van der Waals surface area contributed by atoms with Gasteiger partial charge in [-0.3, -0.25) is 0 Å². The van der Waals surface area contributed by atoms with Gasteiger partial charge in [0.25, 0.3) is 0 Å². The first-order valence-corrected chi connectivity index (χ1v) is 13.0. The van der Waals surface area contributed by atoms with Crippen molar-refractivity contribution in [1.29, 1.82) is 0 Å². The van der Waals surface area contributed by atoms with Crippen molar-refractivity contribution in [2.75, 3.05) is 0 Å². The number of fused-ring (bicyclic) bond motifs is 1. The van der Waals surface area contributed by atoms with E-state index in [1.165, 1.54) is 0 Å². The van der Waals surface area contributed by atoms with Crippen LogP contribution in [-0.2, 0) is 7.67 Å². The van der Waals surface area contributed by atoms with Crippen LogP contribution < -0.4 is 17.8 Å². The average molecular weight is 470 g/mol. The van der Waals surface area contributed by atoms with Crippen molar-refractivity contribution in [1.82, 2.24) is 0 Å². The van der Waals surface area contributed by atoms with Gasteiger partial charge in [-0.25, -0.2) is 0 Å². The summed E-state index contributed by atoms with van der Waals surface area (Å²) < 4.78 is 29.9. The van der Waals surface area contributed by atoms with E-state index in [0.29, 0.717) is 0 Å². The first-order chi connectivity index (χ1) is 12.8. The Balaban J connectivity index is 1.93. The molecule has 4 heteroatoms. The van der Waals surface area contributed by atoms with Gasteiger partial charge in [0, 0.05) is 0 Å². The van der Waals surface area contributed by atoms with Crippen LogP contribution in [0.3, 0.4) is 0 Å². The summed E-state index contributed by atoms with van der Waals surface area (Å²) in [5.74, 6) is 0. The minimum atomic E-state index is -2.44. The van der Waals surface area contributed by atoms with E-state index in [-0.39, 0.29) is 0 Å². The summed E-state index contributed by atoms with van der Waals surface area (Å²) in [6.45, 7) is 0. The summed E-state index contributed by atoms with van der Waals surface area (Å²) in [6.07, 6.45) is 0. The van der Waals surface area contributed by atoms with Crippen LogP contribution in [0.5, 0.6) is 0 Å². The summed E-state index contributed by atoms with van der Waals surface area (Å²) in [5, 5.41) is 1.88. The maximum absolute atomic E-state index is 13.3. The number of hydrogen-bond donors (Lipinski definition) is 0. The SMILES string of the molecule is O=[Se](c1ccccc1)c1cccc2cccc([Se](=O)c3ccccc3)c12. The van der Waals surface area contributed by atoms with Gasteiger partial charge >= 0.3 is 161 Å². The summed E-state index contributed by atoms with van der Waals surface area (Å²) in [6, 6.07) is 30.8. The molecule has 4 aromatic carbocycles. The second kappa shape index (κ2) is 7.57. The van der Waals surface area contributed by atoms with E-state index in [1.54, 1.807) is 0 Å². The van der Waals surface area contributed by atoms with Crippen molar-refractivity contribution in [2.45, 2.75) is 0 Å². The molecule has 0 aliphatic rings. The Kier molecular flexibility index (Phi) is 5.01. The molecule has 26 heavy (non-hydrogen) atoms. The van der Waals surface area contributed by atoms with Gasteiger partial charge in [0.15, 0.2) is 0 Å². The molecule has 2 atom stereocenters. The van der Waals surface area contributed by atoms with Crippen molar-refractivity contribution in [2.24, 2.45) is 0 Å². The van der Waals surface area contributed by atoms with Crippen LogP contribution in [0, 0.1) is 0 Å². The van der Waals surface area contributed by atoms with E-state index < -0.39 is 27.7 Å². The van der Waals surface area contributed by atoms with E-state index in [2.05, 4.69) is 0 Å². The topological polar surface area (TPSA) is 34.1 Å². The Bertz CT molecular complexity index is 1020. The molecule has 0 spiro atoms. The normalized spacial score (nSPS) is 13.4. The minimum absolute atomic E-state index is 0.810.